The summed E-state index contributed by atoms with van der Waals surface area (Å²) in [5, 5.41) is 3.22. The fraction of sp³-hybridized carbons (Fsp3) is 0.524. The lowest BCUT2D eigenvalue weighted by molar-refractivity contribution is -0.197. The Bertz CT molecular complexity index is 730. The normalized spacial score (nSPS) is 13.6. The van der Waals surface area contributed by atoms with Crippen LogP contribution in [-0.4, -0.2) is 60.1 Å². The lowest BCUT2D eigenvalue weighted by atomic mass is 10.1. The second-order valence-corrected chi connectivity index (χ2v) is 6.91. The number of ether oxygens (including phenoxy) is 1. The second kappa shape index (κ2) is 11.9. The average molecular weight is 419 g/mol. The van der Waals surface area contributed by atoms with Gasteiger partial charge in [0.1, 0.15) is 0 Å². The molecule has 0 spiro atoms. The monoisotopic (exact) mass is 419 g/mol. The molecule has 1 aliphatic rings. The molecule has 0 saturated carbocycles. The fourth-order valence-corrected chi connectivity index (χ4v) is 2.95. The number of hydrogen-bond acceptors (Lipinski definition) is 7. The lowest BCUT2D eigenvalue weighted by Crippen LogP contribution is -2.32. The number of carbonyl (C=O) groups is 4. The molecule has 0 radical (unpaired) electrons. The smallest absolute Gasteiger partial charge is 0.407 e. The first-order valence-corrected chi connectivity index (χ1v) is 10.2. The van der Waals surface area contributed by atoms with Crippen LogP contribution < -0.4 is 5.32 Å². The maximum Gasteiger partial charge on any atom is 0.407 e. The number of carbonyl (C=O) groups excluding carboxylic acids is 4. The van der Waals surface area contributed by atoms with Crippen molar-refractivity contribution in [3.05, 3.63) is 35.4 Å². The molecule has 0 bridgehead atoms. The molecule has 0 unspecified atom stereocenters. The van der Waals surface area contributed by atoms with E-state index in [4.69, 9.17) is 9.57 Å². The van der Waals surface area contributed by atoms with Gasteiger partial charge < -0.3 is 19.8 Å². The highest BCUT2D eigenvalue weighted by molar-refractivity contribution is 6.01. The van der Waals surface area contributed by atoms with Gasteiger partial charge in [-0.3, -0.25) is 9.59 Å². The van der Waals surface area contributed by atoms with E-state index in [0.717, 1.165) is 31.6 Å². The summed E-state index contributed by atoms with van der Waals surface area (Å²) >= 11 is 0. The van der Waals surface area contributed by atoms with E-state index in [1.807, 2.05) is 0 Å². The van der Waals surface area contributed by atoms with Crippen LogP contribution >= 0.6 is 0 Å². The van der Waals surface area contributed by atoms with Crippen molar-refractivity contribution < 1.29 is 28.8 Å². The zero-order valence-electron chi connectivity index (χ0n) is 17.5. The van der Waals surface area contributed by atoms with E-state index in [1.54, 1.807) is 24.3 Å². The van der Waals surface area contributed by atoms with E-state index in [0.29, 0.717) is 23.8 Å². The number of benzene rings is 1. The largest absolute Gasteiger partial charge is 0.450 e. The van der Waals surface area contributed by atoms with Gasteiger partial charge in [-0.05, 0) is 30.6 Å². The molecule has 30 heavy (non-hydrogen) atoms. The highest BCUT2D eigenvalue weighted by Crippen LogP contribution is 2.13. The quantitative estimate of drug-likeness (QED) is 0.431. The molecule has 0 aromatic heterocycles. The molecule has 2 rings (SSSR count). The minimum atomic E-state index is -0.683. The summed E-state index contributed by atoms with van der Waals surface area (Å²) in [5.41, 5.74) is 1.51. The van der Waals surface area contributed by atoms with E-state index >= 15 is 0 Å². The molecule has 1 heterocycles. The van der Waals surface area contributed by atoms with Gasteiger partial charge in [0.15, 0.2) is 0 Å². The first-order valence-electron chi connectivity index (χ1n) is 10.2. The average Bonchev–Trinajstić information content (AvgIpc) is 3.05. The van der Waals surface area contributed by atoms with Crippen LogP contribution in [0.5, 0.6) is 0 Å². The van der Waals surface area contributed by atoms with Gasteiger partial charge in [0, 0.05) is 25.9 Å². The maximum atomic E-state index is 11.9. The van der Waals surface area contributed by atoms with Gasteiger partial charge in [-0.25, -0.2) is 9.59 Å². The molecule has 164 valence electrons. The molecule has 1 fully saturated rings. The van der Waals surface area contributed by atoms with Gasteiger partial charge in [-0.1, -0.05) is 38.1 Å². The Hall–Kier alpha value is -2.94. The first kappa shape index (κ1) is 23.3. The zero-order valence-corrected chi connectivity index (χ0v) is 17.5. The SMILES string of the molecule is CCN(CC)CCCOC(=O)NCc1ccc(CC(=O)ON2C(=O)CCC2=O)cc1. The molecule has 1 aliphatic heterocycles. The standard InChI is InChI=1S/C21H29N3O6/c1-3-23(4-2)12-5-13-29-21(28)22-15-17-8-6-16(7-9-17)14-20(27)30-24-18(25)10-11-19(24)26/h6-9H,3-5,10-15H2,1-2H3,(H,22,28). The summed E-state index contributed by atoms with van der Waals surface area (Å²) in [6, 6.07) is 6.99. The second-order valence-electron chi connectivity index (χ2n) is 6.91. The summed E-state index contributed by atoms with van der Waals surface area (Å²) < 4.78 is 5.16. The zero-order chi connectivity index (χ0) is 21.9. The minimum absolute atomic E-state index is 0.0617. The molecule has 0 atom stereocenters. The van der Waals surface area contributed by atoms with Gasteiger partial charge >= 0.3 is 12.1 Å². The molecule has 3 amide bonds. The van der Waals surface area contributed by atoms with E-state index in [-0.39, 0.29) is 19.3 Å². The molecule has 9 heteroatoms. The van der Waals surface area contributed by atoms with E-state index in [1.165, 1.54) is 0 Å². The Kier molecular flexibility index (Phi) is 9.27. The third-order valence-corrected chi connectivity index (χ3v) is 4.75. The van der Waals surface area contributed by atoms with Crippen LogP contribution in [0.15, 0.2) is 24.3 Å². The van der Waals surface area contributed by atoms with Gasteiger partial charge in [0.25, 0.3) is 11.8 Å². The molecule has 1 aromatic carbocycles. The van der Waals surface area contributed by atoms with Crippen LogP contribution in [0, 0.1) is 0 Å². The number of hydroxylamine groups is 2. The highest BCUT2D eigenvalue weighted by atomic mass is 16.7. The number of alkyl carbamates (subject to hydrolysis) is 1. The van der Waals surface area contributed by atoms with E-state index in [2.05, 4.69) is 24.1 Å². The third-order valence-electron chi connectivity index (χ3n) is 4.75. The molecule has 0 aliphatic carbocycles. The van der Waals surface area contributed by atoms with Crippen LogP contribution in [0.1, 0.15) is 44.2 Å². The van der Waals surface area contributed by atoms with E-state index in [9.17, 15) is 19.2 Å². The highest BCUT2D eigenvalue weighted by Gasteiger charge is 2.32. The Morgan fingerprint density at radius 1 is 1.03 bits per heavy atom. The Labute approximate surface area is 176 Å². The van der Waals surface area contributed by atoms with Crippen molar-refractivity contribution >= 4 is 23.9 Å². The van der Waals surface area contributed by atoms with Crippen molar-refractivity contribution in [3.8, 4) is 0 Å². The summed E-state index contributed by atoms with van der Waals surface area (Å²) in [5.74, 6) is -1.69. The van der Waals surface area contributed by atoms with Crippen molar-refractivity contribution in [2.75, 3.05) is 26.2 Å². The Balaban J connectivity index is 1.67. The van der Waals surface area contributed by atoms with Gasteiger partial charge in [0.05, 0.1) is 13.0 Å². The molecular formula is C21H29N3O6. The van der Waals surface area contributed by atoms with Crippen molar-refractivity contribution in [1.82, 2.24) is 15.3 Å². The van der Waals surface area contributed by atoms with Gasteiger partial charge in [-0.15, -0.1) is 5.06 Å². The number of nitrogens with zero attached hydrogens (tertiary/aromatic N) is 2. The predicted molar refractivity (Wildman–Crippen MR) is 108 cm³/mol. The summed E-state index contributed by atoms with van der Waals surface area (Å²) in [4.78, 5) is 53.7. The molecule has 1 N–H and O–H groups in total. The molecule has 1 saturated heterocycles. The number of imide groups is 1. The van der Waals surface area contributed by atoms with Crippen LogP contribution in [0.3, 0.4) is 0 Å². The minimum Gasteiger partial charge on any atom is -0.450 e. The van der Waals surface area contributed by atoms with E-state index < -0.39 is 23.9 Å². The fourth-order valence-electron chi connectivity index (χ4n) is 2.95. The van der Waals surface area contributed by atoms with Crippen molar-refractivity contribution in [3.63, 3.8) is 0 Å². The Morgan fingerprint density at radius 2 is 1.63 bits per heavy atom. The number of hydrogen-bond donors (Lipinski definition) is 1. The molecule has 9 nitrogen and oxygen atoms in total. The third kappa shape index (κ3) is 7.47. The summed E-state index contributed by atoms with van der Waals surface area (Å²) in [6.07, 6.45) is 0.369. The predicted octanol–water partition coefficient (Wildman–Crippen LogP) is 1.79. The number of nitrogens with one attached hydrogen (secondary N) is 1. The molecule has 1 aromatic rings. The summed E-state index contributed by atoms with van der Waals surface area (Å²) in [7, 11) is 0. The maximum absolute atomic E-state index is 11.9. The Morgan fingerprint density at radius 3 is 2.23 bits per heavy atom. The van der Waals surface area contributed by atoms with Gasteiger partial charge in [-0.2, -0.15) is 0 Å². The number of rotatable bonds is 11. The topological polar surface area (TPSA) is 105 Å². The van der Waals surface area contributed by atoms with Crippen molar-refractivity contribution in [2.45, 2.75) is 46.1 Å². The van der Waals surface area contributed by atoms with Crippen molar-refractivity contribution in [1.29, 1.82) is 0 Å². The lowest BCUT2D eigenvalue weighted by Gasteiger charge is -2.17. The van der Waals surface area contributed by atoms with Crippen LogP contribution in [-0.2, 0) is 36.9 Å². The van der Waals surface area contributed by atoms with Crippen molar-refractivity contribution in [2.24, 2.45) is 0 Å². The number of amides is 3. The van der Waals surface area contributed by atoms with Crippen LogP contribution in [0.25, 0.3) is 0 Å². The first-order chi connectivity index (χ1) is 14.4. The van der Waals surface area contributed by atoms with Crippen LogP contribution in [0.2, 0.25) is 0 Å². The van der Waals surface area contributed by atoms with Crippen LogP contribution in [0.4, 0.5) is 4.79 Å². The van der Waals surface area contributed by atoms with Gasteiger partial charge in [0.2, 0.25) is 0 Å². The molecular weight excluding hydrogens is 390 g/mol. The summed E-state index contributed by atoms with van der Waals surface area (Å²) in [6.45, 7) is 7.71.